The zero-order valence-corrected chi connectivity index (χ0v) is 16.7. The van der Waals surface area contributed by atoms with Crippen LogP contribution in [0.25, 0.3) is 0 Å². The molecule has 0 unspecified atom stereocenters. The second-order valence-corrected chi connectivity index (χ2v) is 9.14. The van der Waals surface area contributed by atoms with Crippen molar-refractivity contribution in [1.82, 2.24) is 4.72 Å². The molecule has 0 rings (SSSR count). The Morgan fingerprint density at radius 1 is 1.08 bits per heavy atom. The van der Waals surface area contributed by atoms with Crippen molar-refractivity contribution in [2.45, 2.75) is 90.1 Å². The van der Waals surface area contributed by atoms with Crippen molar-refractivity contribution in [2.24, 2.45) is 5.92 Å². The number of unbranched alkanes of at least 4 members (excludes halogenated alkanes) is 3. The highest BCUT2D eigenvalue weighted by Gasteiger charge is 2.49. The van der Waals surface area contributed by atoms with Gasteiger partial charge in [0.15, 0.2) is 0 Å². The molecule has 0 radical (unpaired) electrons. The lowest BCUT2D eigenvalue weighted by Gasteiger charge is -2.30. The number of hydrogen-bond donors (Lipinski definition) is 1. The van der Waals surface area contributed by atoms with E-state index in [2.05, 4.69) is 4.72 Å². The third-order valence-corrected chi connectivity index (χ3v) is 5.25. The Bertz CT molecular complexity index is 422. The van der Waals surface area contributed by atoms with Crippen LogP contribution >= 0.6 is 0 Å². The van der Waals surface area contributed by atoms with Gasteiger partial charge in [-0.05, 0) is 33.6 Å². The van der Waals surface area contributed by atoms with E-state index in [0.717, 1.165) is 19.3 Å². The van der Waals surface area contributed by atoms with Gasteiger partial charge in [0.1, 0.15) is 6.04 Å². The Morgan fingerprint density at radius 2 is 1.68 bits per heavy atom. The number of ether oxygens (including phenoxy) is 1. The Morgan fingerprint density at radius 3 is 2.12 bits per heavy atom. The second-order valence-electron chi connectivity index (χ2n) is 7.14. The first kappa shape index (κ1) is 24.4. The smallest absolute Gasteiger partial charge is 0.405 e. The predicted molar refractivity (Wildman–Crippen MR) is 94.4 cm³/mol. The number of alkyl halides is 3. The first-order valence-corrected chi connectivity index (χ1v) is 10.0. The van der Waals surface area contributed by atoms with Crippen LogP contribution < -0.4 is 4.72 Å². The Hall–Kier alpha value is -0.630. The fourth-order valence-corrected chi connectivity index (χ4v) is 3.07. The third-order valence-electron chi connectivity index (χ3n) is 3.67. The summed E-state index contributed by atoms with van der Waals surface area (Å²) in [5.41, 5.74) is 0. The highest BCUT2D eigenvalue weighted by Crippen LogP contribution is 2.31. The van der Waals surface area contributed by atoms with Gasteiger partial charge in [-0.3, -0.25) is 4.79 Å². The predicted octanol–water partition coefficient (Wildman–Crippen LogP) is 4.51. The summed E-state index contributed by atoms with van der Waals surface area (Å²) < 4.78 is 59.1. The molecule has 0 aliphatic rings. The zero-order chi connectivity index (χ0) is 19.7. The van der Waals surface area contributed by atoms with Crippen LogP contribution in [0.3, 0.4) is 0 Å². The van der Waals surface area contributed by atoms with Gasteiger partial charge in [0.25, 0.3) is 0 Å². The van der Waals surface area contributed by atoms with Gasteiger partial charge in [0.05, 0.1) is 28.3 Å². The van der Waals surface area contributed by atoms with Gasteiger partial charge in [-0.25, -0.2) is 8.93 Å². The summed E-state index contributed by atoms with van der Waals surface area (Å²) in [5, 5.41) is 0. The molecule has 0 aromatic rings. The zero-order valence-electron chi connectivity index (χ0n) is 15.9. The van der Waals surface area contributed by atoms with Crippen molar-refractivity contribution in [1.29, 1.82) is 0 Å². The van der Waals surface area contributed by atoms with Crippen molar-refractivity contribution >= 4 is 17.0 Å². The Balaban J connectivity index is 5.35. The lowest BCUT2D eigenvalue weighted by Crippen LogP contribution is -2.53. The van der Waals surface area contributed by atoms with Crippen LogP contribution in [0.5, 0.6) is 0 Å². The average Bonchev–Trinajstić information content (AvgIpc) is 2.48. The first-order valence-electron chi connectivity index (χ1n) is 8.86. The Labute approximate surface area is 151 Å². The Kier molecular flexibility index (Phi) is 10.9. The van der Waals surface area contributed by atoms with Crippen molar-refractivity contribution in [2.75, 3.05) is 6.61 Å². The fourth-order valence-electron chi connectivity index (χ4n) is 2.19. The maximum absolute atomic E-state index is 13.6. The van der Waals surface area contributed by atoms with Crippen molar-refractivity contribution in [3.05, 3.63) is 0 Å². The minimum Gasteiger partial charge on any atom is -0.465 e. The summed E-state index contributed by atoms with van der Waals surface area (Å²) in [7, 11) is -1.94. The van der Waals surface area contributed by atoms with E-state index in [1.807, 2.05) is 6.92 Å². The number of nitrogens with one attached hydrogen (secondary N) is 1. The van der Waals surface area contributed by atoms with Crippen LogP contribution in [0.2, 0.25) is 0 Å². The molecule has 0 fully saturated rings. The summed E-state index contributed by atoms with van der Waals surface area (Å²) >= 11 is 0. The van der Waals surface area contributed by atoms with Crippen LogP contribution in [0.1, 0.15) is 73.1 Å². The molecular weight excluding hydrogens is 355 g/mol. The molecule has 0 aliphatic heterocycles. The van der Waals surface area contributed by atoms with E-state index in [0.29, 0.717) is 12.8 Å². The molecule has 0 aromatic carbocycles. The van der Waals surface area contributed by atoms with Gasteiger partial charge < -0.3 is 4.74 Å². The summed E-state index contributed by atoms with van der Waals surface area (Å²) in [4.78, 5) is 12.2. The molecule has 0 aliphatic carbocycles. The SMILES string of the molecule is CCCCCC[C@@H](C(=O)OCCC)[C@@H](N[S@](=O)C(C)(C)C)C(F)(F)F. The molecule has 4 nitrogen and oxygen atoms in total. The molecule has 0 bridgehead atoms. The van der Waals surface area contributed by atoms with Crippen molar-refractivity contribution in [3.63, 3.8) is 0 Å². The van der Waals surface area contributed by atoms with Gasteiger partial charge in [-0.15, -0.1) is 0 Å². The standard InChI is InChI=1S/C17H32F3NO3S/c1-6-8-9-10-11-13(15(22)24-12-7-2)14(17(18,19)20)21-25(23)16(3,4)5/h13-14,21H,6-12H2,1-5H3/t13-,14-,25-/m1/s1. The maximum atomic E-state index is 13.6. The maximum Gasteiger partial charge on any atom is 0.405 e. The molecule has 0 aromatic heterocycles. The van der Waals surface area contributed by atoms with Crippen LogP contribution in [-0.4, -0.2) is 33.8 Å². The first-order chi connectivity index (χ1) is 11.4. The molecule has 0 saturated heterocycles. The number of rotatable bonds is 11. The van der Waals surface area contributed by atoms with Crippen LogP contribution in [0.15, 0.2) is 0 Å². The summed E-state index contributed by atoms with van der Waals surface area (Å²) in [6, 6.07) is -2.18. The van der Waals surface area contributed by atoms with E-state index >= 15 is 0 Å². The van der Waals surface area contributed by atoms with Crippen LogP contribution in [0.4, 0.5) is 13.2 Å². The fraction of sp³-hybridized carbons (Fsp3) is 0.941. The largest absolute Gasteiger partial charge is 0.465 e. The van der Waals surface area contributed by atoms with E-state index in [1.54, 1.807) is 27.7 Å². The normalized spacial score (nSPS) is 16.3. The lowest BCUT2D eigenvalue weighted by atomic mass is 9.93. The van der Waals surface area contributed by atoms with Crippen LogP contribution in [0, 0.1) is 5.92 Å². The highest BCUT2D eigenvalue weighted by molar-refractivity contribution is 7.84. The van der Waals surface area contributed by atoms with Gasteiger partial charge in [0.2, 0.25) is 0 Å². The number of carbonyl (C=O) groups excluding carboxylic acids is 1. The van der Waals surface area contributed by atoms with Crippen LogP contribution in [-0.2, 0) is 20.5 Å². The third kappa shape index (κ3) is 9.58. The van der Waals surface area contributed by atoms with Gasteiger partial charge >= 0.3 is 12.1 Å². The minimum atomic E-state index is -4.69. The number of carbonyl (C=O) groups is 1. The van der Waals surface area contributed by atoms with E-state index in [1.165, 1.54) is 0 Å². The van der Waals surface area contributed by atoms with Crippen molar-refractivity contribution < 1.29 is 26.9 Å². The quantitative estimate of drug-likeness (QED) is 0.419. The second kappa shape index (κ2) is 11.2. The van der Waals surface area contributed by atoms with E-state index < -0.39 is 39.8 Å². The number of halogens is 3. The van der Waals surface area contributed by atoms with E-state index in [-0.39, 0.29) is 13.0 Å². The molecule has 0 saturated carbocycles. The number of esters is 1. The van der Waals surface area contributed by atoms with Crippen molar-refractivity contribution in [3.8, 4) is 0 Å². The van der Waals surface area contributed by atoms with E-state index in [9.17, 15) is 22.2 Å². The molecule has 0 amide bonds. The molecule has 8 heteroatoms. The monoisotopic (exact) mass is 387 g/mol. The van der Waals surface area contributed by atoms with Gasteiger partial charge in [-0.2, -0.15) is 13.2 Å². The molecule has 0 heterocycles. The molecular formula is C17H32F3NO3S. The highest BCUT2D eigenvalue weighted by atomic mass is 32.2. The number of hydrogen-bond acceptors (Lipinski definition) is 3. The molecule has 0 spiro atoms. The topological polar surface area (TPSA) is 55.4 Å². The average molecular weight is 388 g/mol. The van der Waals surface area contributed by atoms with Gasteiger partial charge in [0, 0.05) is 0 Å². The van der Waals surface area contributed by atoms with Gasteiger partial charge in [-0.1, -0.05) is 39.5 Å². The van der Waals surface area contributed by atoms with E-state index in [4.69, 9.17) is 4.74 Å². The molecule has 3 atom stereocenters. The summed E-state index contributed by atoms with van der Waals surface area (Å²) in [5.74, 6) is -2.27. The summed E-state index contributed by atoms with van der Waals surface area (Å²) in [6.07, 6.45) is -1.01. The molecule has 150 valence electrons. The minimum absolute atomic E-state index is 0.0566. The lowest BCUT2D eigenvalue weighted by molar-refractivity contribution is -0.179. The molecule has 25 heavy (non-hydrogen) atoms. The molecule has 1 N–H and O–H groups in total. The summed E-state index contributed by atoms with van der Waals surface area (Å²) in [6.45, 7) is 8.59.